The van der Waals surface area contributed by atoms with E-state index in [1.54, 1.807) is 24.4 Å². The van der Waals surface area contributed by atoms with Gasteiger partial charge in [-0.1, -0.05) is 17.7 Å². The highest BCUT2D eigenvalue weighted by Gasteiger charge is 2.05. The van der Waals surface area contributed by atoms with Gasteiger partial charge in [-0.15, -0.1) is 12.4 Å². The summed E-state index contributed by atoms with van der Waals surface area (Å²) in [5.74, 6) is -0.706. The minimum atomic E-state index is -0.473. The molecule has 0 aliphatic rings. The first-order valence-electron chi connectivity index (χ1n) is 5.29. The molecular formula is C13H11Cl2FN2O. The maximum atomic E-state index is 12.9. The Labute approximate surface area is 121 Å². The van der Waals surface area contributed by atoms with Crippen molar-refractivity contribution in [1.82, 2.24) is 10.3 Å². The molecular weight excluding hydrogens is 290 g/mol. The van der Waals surface area contributed by atoms with Gasteiger partial charge in [-0.2, -0.15) is 0 Å². The number of amides is 1. The third-order valence-corrected chi connectivity index (χ3v) is 2.65. The molecule has 0 saturated heterocycles. The summed E-state index contributed by atoms with van der Waals surface area (Å²) in [4.78, 5) is 15.6. The molecule has 0 aliphatic heterocycles. The average Bonchev–Trinajstić information content (AvgIpc) is 2.41. The standard InChI is InChI=1S/C13H10ClFN2O.ClH/c14-11-6-9(3-4-12(11)15)7-17-13(18)10-2-1-5-16-8-10;/h1-6,8H,7H2,(H,17,18);1H. The normalized spacial score (nSPS) is 9.58. The monoisotopic (exact) mass is 300 g/mol. The van der Waals surface area contributed by atoms with Gasteiger partial charge in [0.15, 0.2) is 0 Å². The molecule has 2 rings (SSSR count). The van der Waals surface area contributed by atoms with Crippen LogP contribution in [0.25, 0.3) is 0 Å². The highest BCUT2D eigenvalue weighted by Crippen LogP contribution is 2.15. The second kappa shape index (κ2) is 7.07. The highest BCUT2D eigenvalue weighted by molar-refractivity contribution is 6.30. The lowest BCUT2D eigenvalue weighted by Crippen LogP contribution is -2.22. The Hall–Kier alpha value is -1.65. The molecule has 1 amide bonds. The van der Waals surface area contributed by atoms with E-state index in [2.05, 4.69) is 10.3 Å². The summed E-state index contributed by atoms with van der Waals surface area (Å²) in [5.41, 5.74) is 1.21. The van der Waals surface area contributed by atoms with Gasteiger partial charge in [0.1, 0.15) is 5.82 Å². The van der Waals surface area contributed by atoms with E-state index in [0.717, 1.165) is 5.56 Å². The summed E-state index contributed by atoms with van der Waals surface area (Å²) in [6.45, 7) is 0.285. The van der Waals surface area contributed by atoms with E-state index in [0.29, 0.717) is 5.56 Å². The molecule has 1 aromatic carbocycles. The molecule has 0 atom stereocenters. The molecule has 3 nitrogen and oxygen atoms in total. The van der Waals surface area contributed by atoms with Gasteiger partial charge in [0.05, 0.1) is 10.6 Å². The van der Waals surface area contributed by atoms with E-state index in [1.807, 2.05) is 0 Å². The summed E-state index contributed by atoms with van der Waals surface area (Å²) >= 11 is 5.65. The number of carbonyl (C=O) groups is 1. The van der Waals surface area contributed by atoms with Gasteiger partial charge in [0, 0.05) is 18.9 Å². The zero-order valence-corrected chi connectivity index (χ0v) is 11.3. The van der Waals surface area contributed by atoms with Crippen LogP contribution in [0, 0.1) is 5.82 Å². The molecule has 100 valence electrons. The van der Waals surface area contributed by atoms with E-state index < -0.39 is 5.82 Å². The van der Waals surface area contributed by atoms with Crippen molar-refractivity contribution in [1.29, 1.82) is 0 Å². The van der Waals surface area contributed by atoms with Crippen molar-refractivity contribution in [2.45, 2.75) is 6.54 Å². The first-order chi connectivity index (χ1) is 8.66. The number of aromatic nitrogens is 1. The van der Waals surface area contributed by atoms with Crippen LogP contribution in [0.5, 0.6) is 0 Å². The quantitative estimate of drug-likeness (QED) is 0.945. The molecule has 0 bridgehead atoms. The van der Waals surface area contributed by atoms with E-state index in [4.69, 9.17) is 11.6 Å². The second-order valence-electron chi connectivity index (χ2n) is 3.67. The Kier molecular flexibility index (Phi) is 5.73. The van der Waals surface area contributed by atoms with E-state index in [-0.39, 0.29) is 29.9 Å². The molecule has 2 aromatic rings. The van der Waals surface area contributed by atoms with Gasteiger partial charge in [-0.25, -0.2) is 4.39 Å². The zero-order valence-electron chi connectivity index (χ0n) is 9.77. The van der Waals surface area contributed by atoms with Gasteiger partial charge in [0.2, 0.25) is 0 Å². The van der Waals surface area contributed by atoms with Crippen LogP contribution in [0.2, 0.25) is 5.02 Å². The topological polar surface area (TPSA) is 42.0 Å². The van der Waals surface area contributed by atoms with Gasteiger partial charge in [0.25, 0.3) is 5.91 Å². The molecule has 0 unspecified atom stereocenters. The molecule has 0 spiro atoms. The second-order valence-corrected chi connectivity index (χ2v) is 4.08. The molecule has 0 aliphatic carbocycles. The fourth-order valence-electron chi connectivity index (χ4n) is 1.43. The van der Waals surface area contributed by atoms with Crippen molar-refractivity contribution in [2.24, 2.45) is 0 Å². The van der Waals surface area contributed by atoms with Crippen LogP contribution in [-0.2, 0) is 6.54 Å². The van der Waals surface area contributed by atoms with Crippen LogP contribution < -0.4 is 5.32 Å². The largest absolute Gasteiger partial charge is 0.348 e. The fraction of sp³-hybridized carbons (Fsp3) is 0.0769. The minimum Gasteiger partial charge on any atom is -0.348 e. The van der Waals surface area contributed by atoms with Crippen LogP contribution in [0.4, 0.5) is 4.39 Å². The van der Waals surface area contributed by atoms with Crippen molar-refractivity contribution in [3.63, 3.8) is 0 Å². The predicted molar refractivity (Wildman–Crippen MR) is 74.1 cm³/mol. The number of halogens is 3. The molecule has 1 aromatic heterocycles. The third kappa shape index (κ3) is 4.19. The van der Waals surface area contributed by atoms with Crippen molar-refractivity contribution in [2.75, 3.05) is 0 Å². The average molecular weight is 301 g/mol. The summed E-state index contributed by atoms with van der Waals surface area (Å²) in [6.07, 6.45) is 3.07. The van der Waals surface area contributed by atoms with Crippen LogP contribution in [0.3, 0.4) is 0 Å². The SMILES string of the molecule is Cl.O=C(NCc1ccc(F)c(Cl)c1)c1cccnc1. The molecule has 0 saturated carbocycles. The number of nitrogens with one attached hydrogen (secondary N) is 1. The molecule has 6 heteroatoms. The van der Waals surface area contributed by atoms with E-state index in [9.17, 15) is 9.18 Å². The van der Waals surface area contributed by atoms with Crippen LogP contribution in [0.1, 0.15) is 15.9 Å². The molecule has 19 heavy (non-hydrogen) atoms. The highest BCUT2D eigenvalue weighted by atomic mass is 35.5. The Balaban J connectivity index is 0.00000180. The smallest absolute Gasteiger partial charge is 0.253 e. The van der Waals surface area contributed by atoms with Gasteiger partial charge in [-0.3, -0.25) is 9.78 Å². The third-order valence-electron chi connectivity index (χ3n) is 2.36. The first kappa shape index (κ1) is 15.4. The maximum Gasteiger partial charge on any atom is 0.253 e. The van der Waals surface area contributed by atoms with Crippen molar-refractivity contribution >= 4 is 29.9 Å². The maximum absolute atomic E-state index is 12.9. The van der Waals surface area contributed by atoms with Crippen molar-refractivity contribution in [3.05, 3.63) is 64.7 Å². The van der Waals surface area contributed by atoms with Crippen LogP contribution in [0.15, 0.2) is 42.7 Å². The van der Waals surface area contributed by atoms with Gasteiger partial charge >= 0.3 is 0 Å². The number of pyridine rings is 1. The number of rotatable bonds is 3. The van der Waals surface area contributed by atoms with Crippen LogP contribution in [-0.4, -0.2) is 10.9 Å². The van der Waals surface area contributed by atoms with Crippen molar-refractivity contribution < 1.29 is 9.18 Å². The minimum absolute atomic E-state index is 0. The lowest BCUT2D eigenvalue weighted by atomic mass is 10.2. The zero-order chi connectivity index (χ0) is 13.0. The number of nitrogens with zero attached hydrogens (tertiary/aromatic N) is 1. The van der Waals surface area contributed by atoms with E-state index >= 15 is 0 Å². The molecule has 0 radical (unpaired) electrons. The summed E-state index contributed by atoms with van der Waals surface area (Å²) in [5, 5.41) is 2.75. The first-order valence-corrected chi connectivity index (χ1v) is 5.67. The number of benzene rings is 1. The number of hydrogen-bond donors (Lipinski definition) is 1. The molecule has 1 N–H and O–H groups in total. The van der Waals surface area contributed by atoms with Gasteiger partial charge in [-0.05, 0) is 29.8 Å². The summed E-state index contributed by atoms with van der Waals surface area (Å²) in [7, 11) is 0. The van der Waals surface area contributed by atoms with Crippen LogP contribution >= 0.6 is 24.0 Å². The molecule has 0 fully saturated rings. The van der Waals surface area contributed by atoms with Gasteiger partial charge < -0.3 is 5.32 Å². The summed E-state index contributed by atoms with van der Waals surface area (Å²) < 4.78 is 12.9. The van der Waals surface area contributed by atoms with Crippen molar-refractivity contribution in [3.8, 4) is 0 Å². The Morgan fingerprint density at radius 3 is 2.79 bits per heavy atom. The number of carbonyl (C=O) groups excluding carboxylic acids is 1. The lowest BCUT2D eigenvalue weighted by Gasteiger charge is -2.05. The lowest BCUT2D eigenvalue weighted by molar-refractivity contribution is 0.0950. The Bertz CT molecular complexity index is 564. The molecule has 1 heterocycles. The Morgan fingerprint density at radius 1 is 1.37 bits per heavy atom. The summed E-state index contributed by atoms with van der Waals surface area (Å²) in [6, 6.07) is 7.68. The Morgan fingerprint density at radius 2 is 2.16 bits per heavy atom. The van der Waals surface area contributed by atoms with E-state index in [1.165, 1.54) is 18.3 Å². The predicted octanol–water partition coefficient (Wildman–Crippen LogP) is 3.23. The number of hydrogen-bond acceptors (Lipinski definition) is 2. The fourth-order valence-corrected chi connectivity index (χ4v) is 1.63.